The molecule has 20 heavy (non-hydrogen) atoms. The van der Waals surface area contributed by atoms with E-state index in [0.717, 1.165) is 16.7 Å². The molecule has 0 spiro atoms. The first-order valence-electron chi connectivity index (χ1n) is 6.38. The summed E-state index contributed by atoms with van der Waals surface area (Å²) in [6.07, 6.45) is 4.59. The molecule has 0 atom stereocenters. The fourth-order valence-corrected chi connectivity index (χ4v) is 2.22. The van der Waals surface area contributed by atoms with Crippen LogP contribution in [0.25, 0.3) is 16.7 Å². The second kappa shape index (κ2) is 5.10. The fraction of sp³-hybridized carbons (Fsp3) is 0. The van der Waals surface area contributed by atoms with Crippen molar-refractivity contribution in [2.75, 3.05) is 0 Å². The van der Waals surface area contributed by atoms with Crippen molar-refractivity contribution in [1.29, 1.82) is 0 Å². The second-order valence-electron chi connectivity index (χ2n) is 4.58. The van der Waals surface area contributed by atoms with Crippen LogP contribution in [0.3, 0.4) is 0 Å². The van der Waals surface area contributed by atoms with Crippen LogP contribution >= 0.6 is 0 Å². The van der Waals surface area contributed by atoms with Crippen LogP contribution in [0, 0.1) is 0 Å². The highest BCUT2D eigenvalue weighted by molar-refractivity contribution is 6.57. The van der Waals surface area contributed by atoms with Crippen LogP contribution in [0.1, 0.15) is 5.56 Å². The Balaban J connectivity index is 1.95. The third kappa shape index (κ3) is 2.24. The molecule has 1 aliphatic rings. The summed E-state index contributed by atoms with van der Waals surface area (Å²) in [7, 11) is 0. The topological polar surface area (TPSA) is 34.1 Å². The highest BCUT2D eigenvalue weighted by Crippen LogP contribution is 2.24. The lowest BCUT2D eigenvalue weighted by molar-refractivity contribution is -0.130. The molecule has 0 unspecified atom stereocenters. The van der Waals surface area contributed by atoms with Crippen molar-refractivity contribution in [3.05, 3.63) is 78.4 Å². The van der Waals surface area contributed by atoms with Crippen molar-refractivity contribution in [1.82, 2.24) is 0 Å². The number of ketones is 2. The summed E-state index contributed by atoms with van der Waals surface area (Å²) >= 11 is 0. The normalized spacial score (nSPS) is 14.3. The monoisotopic (exact) mass is 260 g/mol. The zero-order valence-corrected chi connectivity index (χ0v) is 10.7. The molecule has 0 saturated heterocycles. The maximum absolute atomic E-state index is 11.8. The van der Waals surface area contributed by atoms with Crippen LogP contribution < -0.4 is 0 Å². The highest BCUT2D eigenvalue weighted by Gasteiger charge is 2.20. The van der Waals surface area contributed by atoms with E-state index in [1.54, 1.807) is 12.2 Å². The molecule has 0 radical (unpaired) electrons. The van der Waals surface area contributed by atoms with E-state index in [9.17, 15) is 9.59 Å². The molecule has 0 heterocycles. The van der Waals surface area contributed by atoms with Gasteiger partial charge in [0.2, 0.25) is 11.6 Å². The van der Waals surface area contributed by atoms with Gasteiger partial charge < -0.3 is 0 Å². The van der Waals surface area contributed by atoms with Crippen molar-refractivity contribution >= 4 is 17.1 Å². The van der Waals surface area contributed by atoms with E-state index < -0.39 is 11.6 Å². The first-order chi connectivity index (χ1) is 9.75. The van der Waals surface area contributed by atoms with Crippen LogP contribution in [0.2, 0.25) is 0 Å². The van der Waals surface area contributed by atoms with Gasteiger partial charge in [0, 0.05) is 5.57 Å². The average molecular weight is 260 g/mol. The number of rotatable bonds is 2. The molecule has 0 bridgehead atoms. The van der Waals surface area contributed by atoms with Crippen LogP contribution in [0.5, 0.6) is 0 Å². The number of hydrogen-bond donors (Lipinski definition) is 0. The summed E-state index contributed by atoms with van der Waals surface area (Å²) in [5.41, 5.74) is 3.43. The zero-order chi connectivity index (χ0) is 13.9. The molecule has 2 aromatic carbocycles. The standard InChI is InChI=1S/C18H12O2/c19-17-8-4-7-16(18(17)20)15-11-9-14(10-12-15)13-5-2-1-3-6-13/h1-12H. The van der Waals surface area contributed by atoms with Gasteiger partial charge in [-0.2, -0.15) is 0 Å². The molecule has 0 saturated carbocycles. The predicted molar refractivity (Wildman–Crippen MR) is 79.0 cm³/mol. The SMILES string of the molecule is O=C1C=CC=C(c2ccc(-c3ccccc3)cc2)C1=O. The summed E-state index contributed by atoms with van der Waals surface area (Å²) in [6, 6.07) is 17.7. The van der Waals surface area contributed by atoms with E-state index in [1.807, 2.05) is 54.6 Å². The van der Waals surface area contributed by atoms with Crippen molar-refractivity contribution in [2.24, 2.45) is 0 Å². The first kappa shape index (κ1) is 12.3. The third-order valence-electron chi connectivity index (χ3n) is 3.28. The molecule has 1 aliphatic carbocycles. The lowest BCUT2D eigenvalue weighted by Gasteiger charge is -2.08. The molecule has 3 rings (SSSR count). The number of carbonyl (C=O) groups is 2. The van der Waals surface area contributed by atoms with E-state index in [2.05, 4.69) is 0 Å². The van der Waals surface area contributed by atoms with Gasteiger partial charge in [-0.25, -0.2) is 0 Å². The average Bonchev–Trinajstić information content (AvgIpc) is 2.51. The number of carbonyl (C=O) groups excluding carboxylic acids is 2. The van der Waals surface area contributed by atoms with Crippen molar-refractivity contribution in [3.8, 4) is 11.1 Å². The van der Waals surface area contributed by atoms with Crippen molar-refractivity contribution in [2.45, 2.75) is 0 Å². The van der Waals surface area contributed by atoms with E-state index in [1.165, 1.54) is 6.08 Å². The Morgan fingerprint density at radius 2 is 1.25 bits per heavy atom. The van der Waals surface area contributed by atoms with Crippen LogP contribution in [-0.4, -0.2) is 11.6 Å². The van der Waals surface area contributed by atoms with E-state index in [0.29, 0.717) is 5.57 Å². The summed E-state index contributed by atoms with van der Waals surface area (Å²) in [6.45, 7) is 0. The van der Waals surface area contributed by atoms with Gasteiger partial charge in [0.15, 0.2) is 0 Å². The Hall–Kier alpha value is -2.74. The fourth-order valence-electron chi connectivity index (χ4n) is 2.22. The predicted octanol–water partition coefficient (Wildman–Crippen LogP) is 3.45. The van der Waals surface area contributed by atoms with Gasteiger partial charge in [-0.3, -0.25) is 9.59 Å². The molecule has 0 fully saturated rings. The minimum atomic E-state index is -0.463. The molecule has 0 N–H and O–H groups in total. The summed E-state index contributed by atoms with van der Waals surface area (Å²) in [4.78, 5) is 23.2. The van der Waals surface area contributed by atoms with Gasteiger partial charge >= 0.3 is 0 Å². The molecule has 2 aromatic rings. The maximum Gasteiger partial charge on any atom is 0.233 e. The molecule has 0 aromatic heterocycles. The smallest absolute Gasteiger partial charge is 0.233 e. The first-order valence-corrected chi connectivity index (χ1v) is 6.38. The van der Waals surface area contributed by atoms with Gasteiger partial charge in [0.05, 0.1) is 0 Å². The second-order valence-corrected chi connectivity index (χ2v) is 4.58. The Morgan fingerprint density at radius 3 is 1.95 bits per heavy atom. The molecule has 96 valence electrons. The van der Waals surface area contributed by atoms with Gasteiger partial charge in [0.25, 0.3) is 0 Å². The molecule has 2 nitrogen and oxygen atoms in total. The number of hydrogen-bond acceptors (Lipinski definition) is 2. The Morgan fingerprint density at radius 1 is 0.650 bits per heavy atom. The summed E-state index contributed by atoms with van der Waals surface area (Å²) < 4.78 is 0. The number of Topliss-reactive ketones (excluding diaryl/α,β-unsaturated/α-hetero) is 1. The summed E-state index contributed by atoms with van der Waals surface area (Å²) in [5.74, 6) is -0.908. The Kier molecular flexibility index (Phi) is 3.13. The zero-order valence-electron chi connectivity index (χ0n) is 10.7. The van der Waals surface area contributed by atoms with Gasteiger partial charge in [-0.1, -0.05) is 66.7 Å². The molecule has 0 aliphatic heterocycles. The van der Waals surface area contributed by atoms with Crippen molar-refractivity contribution in [3.63, 3.8) is 0 Å². The molecular weight excluding hydrogens is 248 g/mol. The number of benzene rings is 2. The van der Waals surface area contributed by atoms with Crippen LogP contribution in [0.4, 0.5) is 0 Å². The van der Waals surface area contributed by atoms with Gasteiger partial charge in [0.1, 0.15) is 0 Å². The lowest BCUT2D eigenvalue weighted by Crippen LogP contribution is -2.15. The Labute approximate surface area is 117 Å². The van der Waals surface area contributed by atoms with Crippen LogP contribution in [0.15, 0.2) is 72.8 Å². The highest BCUT2D eigenvalue weighted by atomic mass is 16.2. The molecule has 2 heteroatoms. The lowest BCUT2D eigenvalue weighted by atomic mass is 9.94. The summed E-state index contributed by atoms with van der Waals surface area (Å²) in [5, 5.41) is 0. The minimum Gasteiger partial charge on any atom is -0.286 e. The minimum absolute atomic E-state index is 0.444. The molecule has 0 amide bonds. The Bertz CT molecular complexity index is 720. The third-order valence-corrected chi connectivity index (χ3v) is 3.28. The van der Waals surface area contributed by atoms with E-state index >= 15 is 0 Å². The maximum atomic E-state index is 11.8. The van der Waals surface area contributed by atoms with Crippen molar-refractivity contribution < 1.29 is 9.59 Å². The largest absolute Gasteiger partial charge is 0.286 e. The number of allylic oxidation sites excluding steroid dienone is 4. The van der Waals surface area contributed by atoms with Crippen LogP contribution in [-0.2, 0) is 9.59 Å². The van der Waals surface area contributed by atoms with E-state index in [-0.39, 0.29) is 0 Å². The van der Waals surface area contributed by atoms with E-state index in [4.69, 9.17) is 0 Å². The van der Waals surface area contributed by atoms with Gasteiger partial charge in [-0.15, -0.1) is 0 Å². The van der Waals surface area contributed by atoms with Gasteiger partial charge in [-0.05, 0) is 22.8 Å². The molecular formula is C18H12O2. The quantitative estimate of drug-likeness (QED) is 0.612.